The van der Waals surface area contributed by atoms with E-state index in [1.54, 1.807) is 0 Å². The second kappa shape index (κ2) is 3.48. The van der Waals surface area contributed by atoms with Crippen LogP contribution in [0.3, 0.4) is 0 Å². The molecule has 1 N–H and O–H groups in total. The van der Waals surface area contributed by atoms with Crippen LogP contribution < -0.4 is 5.32 Å². The minimum Gasteiger partial charge on any atom is -0.354 e. The first-order valence-electron chi connectivity index (χ1n) is 7.74. The van der Waals surface area contributed by atoms with E-state index in [-0.39, 0.29) is 5.72 Å². The normalized spacial score (nSPS) is 36.7. The van der Waals surface area contributed by atoms with Crippen LogP contribution in [0.25, 0.3) is 0 Å². The monoisotopic (exact) mass is 235 g/mol. The molecule has 4 rings (SSSR count). The van der Waals surface area contributed by atoms with Crippen LogP contribution in [0.15, 0.2) is 0 Å². The summed E-state index contributed by atoms with van der Waals surface area (Å²) in [7, 11) is 0. The standard InChI is InChI=1S/C15H25NO/c1-2-10-15(11-3-1)16-12-13(6-4-7-13)14(17-15)8-5-9-14/h16H,1-12H2. The average Bonchev–Trinajstić information content (AvgIpc) is 2.26. The van der Waals surface area contributed by atoms with Gasteiger partial charge in [-0.2, -0.15) is 0 Å². The maximum atomic E-state index is 6.78. The largest absolute Gasteiger partial charge is 0.354 e. The van der Waals surface area contributed by atoms with E-state index in [4.69, 9.17) is 4.74 Å². The molecule has 0 atom stereocenters. The molecule has 0 unspecified atom stereocenters. The fourth-order valence-electron chi connectivity index (χ4n) is 4.78. The molecule has 2 nitrogen and oxygen atoms in total. The third-order valence-electron chi connectivity index (χ3n) is 6.24. The molecule has 0 amide bonds. The lowest BCUT2D eigenvalue weighted by Gasteiger charge is -2.67. The Bertz CT molecular complexity index is 311. The predicted molar refractivity (Wildman–Crippen MR) is 67.8 cm³/mol. The van der Waals surface area contributed by atoms with Gasteiger partial charge in [0.05, 0.1) is 5.60 Å². The minimum absolute atomic E-state index is 0.0828. The summed E-state index contributed by atoms with van der Waals surface area (Å²) < 4.78 is 6.78. The fraction of sp³-hybridized carbons (Fsp3) is 1.00. The van der Waals surface area contributed by atoms with Gasteiger partial charge in [-0.15, -0.1) is 0 Å². The van der Waals surface area contributed by atoms with Crippen LogP contribution in [0.1, 0.15) is 70.6 Å². The quantitative estimate of drug-likeness (QED) is 0.695. The van der Waals surface area contributed by atoms with Gasteiger partial charge >= 0.3 is 0 Å². The highest BCUT2D eigenvalue weighted by Crippen LogP contribution is 2.62. The molecule has 0 aromatic heterocycles. The van der Waals surface area contributed by atoms with Gasteiger partial charge in [0.15, 0.2) is 0 Å². The molecule has 1 saturated heterocycles. The molecule has 3 saturated carbocycles. The minimum atomic E-state index is 0.0828. The second-order valence-electron chi connectivity index (χ2n) is 6.99. The zero-order chi connectivity index (χ0) is 11.4. The van der Waals surface area contributed by atoms with Crippen LogP contribution in [0, 0.1) is 5.41 Å². The van der Waals surface area contributed by atoms with Crippen molar-refractivity contribution < 1.29 is 4.74 Å². The van der Waals surface area contributed by atoms with Crippen molar-refractivity contribution in [1.82, 2.24) is 5.32 Å². The summed E-state index contributed by atoms with van der Waals surface area (Å²) in [6.45, 7) is 1.24. The summed E-state index contributed by atoms with van der Waals surface area (Å²) in [5, 5.41) is 3.83. The molecular weight excluding hydrogens is 210 g/mol. The van der Waals surface area contributed by atoms with Crippen LogP contribution in [0.2, 0.25) is 0 Å². The van der Waals surface area contributed by atoms with E-state index in [1.807, 2.05) is 0 Å². The lowest BCUT2D eigenvalue weighted by Crippen LogP contribution is -2.73. The molecule has 2 heteroatoms. The van der Waals surface area contributed by atoms with Crippen molar-refractivity contribution in [2.75, 3.05) is 6.54 Å². The third-order valence-corrected chi connectivity index (χ3v) is 6.24. The van der Waals surface area contributed by atoms with E-state index in [0.29, 0.717) is 11.0 Å². The fourth-order valence-corrected chi connectivity index (χ4v) is 4.78. The molecule has 0 radical (unpaired) electrons. The first-order valence-corrected chi connectivity index (χ1v) is 7.74. The van der Waals surface area contributed by atoms with Crippen molar-refractivity contribution in [1.29, 1.82) is 0 Å². The van der Waals surface area contributed by atoms with Gasteiger partial charge in [-0.25, -0.2) is 0 Å². The molecule has 4 aliphatic rings. The first-order chi connectivity index (χ1) is 8.29. The Kier molecular flexibility index (Phi) is 2.21. The van der Waals surface area contributed by atoms with E-state index >= 15 is 0 Å². The van der Waals surface area contributed by atoms with Gasteiger partial charge in [-0.05, 0) is 57.8 Å². The zero-order valence-electron chi connectivity index (χ0n) is 10.9. The van der Waals surface area contributed by atoms with Crippen molar-refractivity contribution in [3.8, 4) is 0 Å². The molecule has 4 fully saturated rings. The number of nitrogens with one attached hydrogen (secondary N) is 1. The number of rotatable bonds is 0. The van der Waals surface area contributed by atoms with E-state index in [9.17, 15) is 0 Å². The van der Waals surface area contributed by atoms with Crippen molar-refractivity contribution in [3.05, 3.63) is 0 Å². The second-order valence-corrected chi connectivity index (χ2v) is 6.99. The van der Waals surface area contributed by atoms with Crippen LogP contribution >= 0.6 is 0 Å². The molecular formula is C15H25NO. The molecule has 0 aromatic carbocycles. The number of hydrogen-bond donors (Lipinski definition) is 1. The SMILES string of the molecule is C1CCC2(CC1)NCC1(CCC1)C1(CCC1)O2. The summed E-state index contributed by atoms with van der Waals surface area (Å²) in [6, 6.07) is 0. The molecule has 17 heavy (non-hydrogen) atoms. The van der Waals surface area contributed by atoms with Crippen molar-refractivity contribution in [2.24, 2.45) is 5.41 Å². The zero-order valence-corrected chi connectivity index (χ0v) is 10.9. The highest BCUT2D eigenvalue weighted by Gasteiger charge is 2.63. The van der Waals surface area contributed by atoms with E-state index in [0.717, 1.165) is 0 Å². The van der Waals surface area contributed by atoms with Crippen molar-refractivity contribution in [3.63, 3.8) is 0 Å². The maximum absolute atomic E-state index is 6.78. The average molecular weight is 235 g/mol. The Labute approximate surface area is 104 Å². The summed E-state index contributed by atoms with van der Waals surface area (Å²) in [5.74, 6) is 0. The van der Waals surface area contributed by atoms with Gasteiger partial charge in [0.2, 0.25) is 0 Å². The van der Waals surface area contributed by atoms with E-state index in [1.165, 1.54) is 77.2 Å². The van der Waals surface area contributed by atoms with Gasteiger partial charge in [0, 0.05) is 12.0 Å². The molecule has 3 spiro atoms. The Morgan fingerprint density at radius 1 is 0.706 bits per heavy atom. The van der Waals surface area contributed by atoms with Crippen LogP contribution in [0.5, 0.6) is 0 Å². The first kappa shape index (κ1) is 10.8. The van der Waals surface area contributed by atoms with E-state index < -0.39 is 0 Å². The van der Waals surface area contributed by atoms with Crippen LogP contribution in [-0.4, -0.2) is 17.9 Å². The smallest absolute Gasteiger partial charge is 0.120 e. The predicted octanol–water partition coefficient (Wildman–Crippen LogP) is 3.36. The number of ether oxygens (including phenoxy) is 1. The Morgan fingerprint density at radius 3 is 1.94 bits per heavy atom. The van der Waals surface area contributed by atoms with Gasteiger partial charge in [-0.1, -0.05) is 12.8 Å². The maximum Gasteiger partial charge on any atom is 0.120 e. The Balaban J connectivity index is 1.60. The van der Waals surface area contributed by atoms with E-state index in [2.05, 4.69) is 5.32 Å². The Hall–Kier alpha value is -0.0800. The summed E-state index contributed by atoms with van der Waals surface area (Å²) in [5.41, 5.74) is 0.918. The van der Waals surface area contributed by atoms with Crippen molar-refractivity contribution in [2.45, 2.75) is 82.0 Å². The number of hydrogen-bond acceptors (Lipinski definition) is 2. The lowest BCUT2D eigenvalue weighted by molar-refractivity contribution is -0.312. The van der Waals surface area contributed by atoms with Crippen molar-refractivity contribution >= 4 is 0 Å². The molecule has 3 aliphatic carbocycles. The van der Waals surface area contributed by atoms with Gasteiger partial charge in [0.1, 0.15) is 5.72 Å². The third kappa shape index (κ3) is 1.34. The molecule has 1 aliphatic heterocycles. The summed E-state index contributed by atoms with van der Waals surface area (Å²) in [6.07, 6.45) is 15.0. The summed E-state index contributed by atoms with van der Waals surface area (Å²) in [4.78, 5) is 0. The summed E-state index contributed by atoms with van der Waals surface area (Å²) >= 11 is 0. The van der Waals surface area contributed by atoms with Crippen LogP contribution in [0.4, 0.5) is 0 Å². The number of fused-ring (bicyclic) bond motifs is 1. The van der Waals surface area contributed by atoms with Gasteiger partial charge in [0.25, 0.3) is 0 Å². The van der Waals surface area contributed by atoms with Gasteiger partial charge in [-0.3, -0.25) is 5.32 Å². The Morgan fingerprint density at radius 2 is 1.41 bits per heavy atom. The highest BCUT2D eigenvalue weighted by molar-refractivity contribution is 5.14. The molecule has 0 aromatic rings. The highest BCUT2D eigenvalue weighted by atomic mass is 16.5. The van der Waals surface area contributed by atoms with Gasteiger partial charge < -0.3 is 4.74 Å². The van der Waals surface area contributed by atoms with Crippen LogP contribution in [-0.2, 0) is 4.74 Å². The topological polar surface area (TPSA) is 21.3 Å². The molecule has 96 valence electrons. The molecule has 0 bridgehead atoms. The molecule has 1 heterocycles. The lowest BCUT2D eigenvalue weighted by atomic mass is 9.51.